The molecule has 0 N–H and O–H groups in total. The van der Waals surface area contributed by atoms with Gasteiger partial charge in [-0.1, -0.05) is 0 Å². The van der Waals surface area contributed by atoms with Gasteiger partial charge in [-0.05, 0) is 50.2 Å². The van der Waals surface area contributed by atoms with Crippen molar-refractivity contribution in [2.75, 3.05) is 0 Å². The maximum Gasteiger partial charge on any atom is 0.365 e. The van der Waals surface area contributed by atoms with Gasteiger partial charge >= 0.3 is 5.82 Å². The van der Waals surface area contributed by atoms with Gasteiger partial charge in [-0.2, -0.15) is 0 Å². The summed E-state index contributed by atoms with van der Waals surface area (Å²) in [5.74, 6) is -0.226. The molecular weight excluding hydrogens is 282 g/mol. The van der Waals surface area contributed by atoms with E-state index in [9.17, 15) is 10.1 Å². The number of hydrogen-bond acceptors (Lipinski definition) is 3. The number of nitro groups is 1. The van der Waals surface area contributed by atoms with E-state index in [-0.39, 0.29) is 11.0 Å². The molecule has 1 aromatic heterocycles. The summed E-state index contributed by atoms with van der Waals surface area (Å²) in [4.78, 5) is 13.1. The minimum atomic E-state index is -0.581. The maximum atomic E-state index is 10.1. The first kappa shape index (κ1) is 8.66. The first-order chi connectivity index (χ1) is 5.11. The summed E-state index contributed by atoms with van der Waals surface area (Å²) in [6.07, 6.45) is 0. The average molecular weight is 284 g/mol. The lowest BCUT2D eigenvalue weighted by molar-refractivity contribution is -0.389. The van der Waals surface area contributed by atoms with Crippen molar-refractivity contribution >= 4 is 40.0 Å². The molecule has 1 rings (SSSR count). The number of hydrogen-bond donors (Lipinski definition) is 0. The van der Waals surface area contributed by atoms with Gasteiger partial charge in [0.15, 0.2) is 0 Å². The molecule has 1 heterocycles. The second-order valence-corrected chi connectivity index (χ2v) is 3.22. The molecule has 0 saturated carbocycles. The van der Waals surface area contributed by atoms with Crippen LogP contribution in [0, 0.1) is 13.7 Å². The summed E-state index contributed by atoms with van der Waals surface area (Å²) in [6.45, 7) is 0. The van der Waals surface area contributed by atoms with Crippen molar-refractivity contribution in [3.63, 3.8) is 0 Å². The smallest absolute Gasteiger partial charge is 0.358 e. The van der Waals surface area contributed by atoms with Gasteiger partial charge in [-0.15, -0.1) is 0 Å². The molecule has 0 bridgehead atoms. The molecule has 0 amide bonds. The Hall–Kier alpha value is -0.430. The van der Waals surface area contributed by atoms with Crippen molar-refractivity contribution in [1.29, 1.82) is 0 Å². The van der Waals surface area contributed by atoms with Crippen LogP contribution in [-0.4, -0.2) is 9.91 Å². The zero-order valence-electron chi connectivity index (χ0n) is 5.12. The highest BCUT2D eigenvalue weighted by molar-refractivity contribution is 14.1. The van der Waals surface area contributed by atoms with Gasteiger partial charge in [-0.3, -0.25) is 0 Å². The highest BCUT2D eigenvalue weighted by atomic mass is 127. The molecule has 6 heteroatoms. The Balaban J connectivity index is 3.15. The van der Waals surface area contributed by atoms with Gasteiger partial charge < -0.3 is 10.1 Å². The van der Waals surface area contributed by atoms with E-state index in [2.05, 4.69) is 4.98 Å². The molecule has 0 atom stereocenters. The Morgan fingerprint density at radius 1 is 1.64 bits per heavy atom. The van der Waals surface area contributed by atoms with E-state index in [0.717, 1.165) is 0 Å². The van der Waals surface area contributed by atoms with Crippen LogP contribution in [0.4, 0.5) is 5.82 Å². The van der Waals surface area contributed by atoms with Crippen LogP contribution in [0.5, 0.6) is 0 Å². The Kier molecular flexibility index (Phi) is 2.61. The molecule has 0 unspecified atom stereocenters. The predicted octanol–water partition coefficient (Wildman–Crippen LogP) is 2.25. The van der Waals surface area contributed by atoms with Crippen LogP contribution in [0.15, 0.2) is 12.1 Å². The molecule has 1 aromatic rings. The molecule has 0 fully saturated rings. The molecule has 0 radical (unpaired) electrons. The maximum absolute atomic E-state index is 10.1. The highest BCUT2D eigenvalue weighted by Crippen LogP contribution is 2.18. The van der Waals surface area contributed by atoms with Crippen LogP contribution >= 0.6 is 34.2 Å². The summed E-state index contributed by atoms with van der Waals surface area (Å²) < 4.78 is 0.704. The van der Waals surface area contributed by atoms with Gasteiger partial charge in [0, 0.05) is 6.07 Å². The highest BCUT2D eigenvalue weighted by Gasteiger charge is 2.10. The quantitative estimate of drug-likeness (QED) is 0.344. The summed E-state index contributed by atoms with van der Waals surface area (Å²) in [5.41, 5.74) is 0. The Morgan fingerprint density at radius 3 is 2.73 bits per heavy atom. The Labute approximate surface area is 80.9 Å². The fraction of sp³-hybridized carbons (Fsp3) is 0. The van der Waals surface area contributed by atoms with Gasteiger partial charge in [0.1, 0.15) is 0 Å². The third-order valence-corrected chi connectivity index (χ3v) is 2.45. The number of aromatic nitrogens is 1. The minimum absolute atomic E-state index is 0.166. The van der Waals surface area contributed by atoms with Gasteiger partial charge in [-0.25, -0.2) is 0 Å². The molecule has 0 saturated heterocycles. The standard InChI is InChI=1S/C5H2ClIN2O2/c6-5-3(7)1-2-4(8-5)9(10)11/h1-2H. The fourth-order valence-corrected chi connectivity index (χ4v) is 0.959. The van der Waals surface area contributed by atoms with Crippen LogP contribution < -0.4 is 0 Å². The van der Waals surface area contributed by atoms with Crippen LogP contribution in [0.3, 0.4) is 0 Å². The van der Waals surface area contributed by atoms with E-state index < -0.39 is 4.92 Å². The van der Waals surface area contributed by atoms with Gasteiger partial charge in [0.2, 0.25) is 0 Å². The number of nitrogens with zero attached hydrogens (tertiary/aromatic N) is 2. The summed E-state index contributed by atoms with van der Waals surface area (Å²) >= 11 is 7.48. The number of halogens is 2. The molecule has 0 aromatic carbocycles. The lowest BCUT2D eigenvalue weighted by Crippen LogP contribution is -1.92. The van der Waals surface area contributed by atoms with E-state index in [1.54, 1.807) is 6.07 Å². The van der Waals surface area contributed by atoms with E-state index >= 15 is 0 Å². The normalized spacial score (nSPS) is 9.64. The third-order valence-electron chi connectivity index (χ3n) is 0.976. The second-order valence-electron chi connectivity index (χ2n) is 1.70. The van der Waals surface area contributed by atoms with Crippen molar-refractivity contribution in [2.45, 2.75) is 0 Å². The van der Waals surface area contributed by atoms with E-state index in [4.69, 9.17) is 11.6 Å². The lowest BCUT2D eigenvalue weighted by atomic mass is 10.5. The van der Waals surface area contributed by atoms with Gasteiger partial charge in [0.25, 0.3) is 5.15 Å². The lowest BCUT2D eigenvalue weighted by Gasteiger charge is -1.91. The fourth-order valence-electron chi connectivity index (χ4n) is 0.509. The molecule has 0 spiro atoms. The second kappa shape index (κ2) is 3.31. The molecule has 0 aliphatic heterocycles. The van der Waals surface area contributed by atoms with Crippen LogP contribution in [-0.2, 0) is 0 Å². The molecule has 0 aliphatic carbocycles. The van der Waals surface area contributed by atoms with Crippen molar-refractivity contribution in [3.8, 4) is 0 Å². The van der Waals surface area contributed by atoms with Crippen LogP contribution in [0.25, 0.3) is 0 Å². The van der Waals surface area contributed by atoms with Crippen molar-refractivity contribution < 1.29 is 4.92 Å². The Morgan fingerprint density at radius 2 is 2.27 bits per heavy atom. The van der Waals surface area contributed by atoms with E-state index in [1.165, 1.54) is 6.07 Å². The summed E-state index contributed by atoms with van der Waals surface area (Å²) in [7, 11) is 0. The zero-order chi connectivity index (χ0) is 8.43. The summed E-state index contributed by atoms with van der Waals surface area (Å²) in [5, 5.41) is 10.3. The SMILES string of the molecule is O=[N+]([O-])c1ccc(I)c(Cl)n1. The molecular formula is C5H2ClIN2O2. The first-order valence-corrected chi connectivity index (χ1v) is 4.03. The monoisotopic (exact) mass is 284 g/mol. The van der Waals surface area contributed by atoms with Crippen molar-refractivity contribution in [2.24, 2.45) is 0 Å². The molecule has 58 valence electrons. The van der Waals surface area contributed by atoms with Crippen molar-refractivity contribution in [1.82, 2.24) is 4.98 Å². The van der Waals surface area contributed by atoms with E-state index in [1.807, 2.05) is 22.6 Å². The summed E-state index contributed by atoms with van der Waals surface area (Å²) in [6, 6.07) is 2.86. The first-order valence-electron chi connectivity index (χ1n) is 2.57. The number of rotatable bonds is 1. The van der Waals surface area contributed by atoms with Crippen molar-refractivity contribution in [3.05, 3.63) is 31.0 Å². The third kappa shape index (κ3) is 2.00. The molecule has 4 nitrogen and oxygen atoms in total. The van der Waals surface area contributed by atoms with Gasteiger partial charge in [0.05, 0.1) is 3.57 Å². The number of pyridine rings is 1. The Bertz CT molecular complexity index is 305. The largest absolute Gasteiger partial charge is 0.365 e. The minimum Gasteiger partial charge on any atom is -0.358 e. The average Bonchev–Trinajstić information content (AvgIpc) is 1.94. The van der Waals surface area contributed by atoms with Crippen LogP contribution in [0.1, 0.15) is 0 Å². The van der Waals surface area contributed by atoms with Crippen LogP contribution in [0.2, 0.25) is 5.15 Å². The molecule has 11 heavy (non-hydrogen) atoms. The predicted molar refractivity (Wildman–Crippen MR) is 48.6 cm³/mol. The van der Waals surface area contributed by atoms with E-state index in [0.29, 0.717) is 3.57 Å². The topological polar surface area (TPSA) is 56.0 Å². The molecule has 0 aliphatic rings. The zero-order valence-corrected chi connectivity index (χ0v) is 8.03.